The molecule has 6 heteroatoms. The molecule has 0 aromatic carbocycles. The van der Waals surface area contributed by atoms with Crippen molar-refractivity contribution in [2.45, 2.75) is 39.8 Å². The van der Waals surface area contributed by atoms with Crippen LogP contribution in [0.15, 0.2) is 0 Å². The van der Waals surface area contributed by atoms with E-state index in [-0.39, 0.29) is 11.9 Å². The Morgan fingerprint density at radius 1 is 1.50 bits per heavy atom. The molecule has 112 valence electrons. The number of carbonyl (C=O) groups excluding carboxylic acids is 1. The molecule has 1 aliphatic heterocycles. The van der Waals surface area contributed by atoms with E-state index in [0.29, 0.717) is 0 Å². The number of aromatic nitrogens is 1. The molecule has 1 amide bonds. The highest BCUT2D eigenvalue weighted by Gasteiger charge is 2.18. The van der Waals surface area contributed by atoms with Crippen molar-refractivity contribution in [2.24, 2.45) is 0 Å². The van der Waals surface area contributed by atoms with Crippen molar-refractivity contribution in [2.75, 3.05) is 26.3 Å². The Hall–Kier alpha value is -0.980. The molecule has 1 atom stereocenters. The number of nitrogens with zero attached hydrogens (tertiary/aromatic N) is 2. The topological polar surface area (TPSA) is 54.5 Å². The van der Waals surface area contributed by atoms with Gasteiger partial charge in [-0.2, -0.15) is 0 Å². The van der Waals surface area contributed by atoms with E-state index in [1.54, 1.807) is 0 Å². The van der Waals surface area contributed by atoms with Crippen molar-refractivity contribution in [1.29, 1.82) is 0 Å². The van der Waals surface area contributed by atoms with Gasteiger partial charge < -0.3 is 10.1 Å². The summed E-state index contributed by atoms with van der Waals surface area (Å²) in [6, 6.07) is 0.201. The maximum atomic E-state index is 12.2. The van der Waals surface area contributed by atoms with Crippen LogP contribution in [-0.4, -0.2) is 48.1 Å². The Balaban J connectivity index is 1.99. The maximum absolute atomic E-state index is 12.2. The first-order valence-corrected chi connectivity index (χ1v) is 7.99. The molecule has 0 spiro atoms. The molecule has 1 unspecified atom stereocenters. The third-order valence-corrected chi connectivity index (χ3v) is 4.64. The average Bonchev–Trinajstić information content (AvgIpc) is 2.80. The number of hydrogen-bond donors (Lipinski definition) is 1. The van der Waals surface area contributed by atoms with E-state index in [1.165, 1.54) is 11.3 Å². The van der Waals surface area contributed by atoms with Crippen LogP contribution in [0.1, 0.15) is 40.6 Å². The number of thiazole rings is 1. The van der Waals surface area contributed by atoms with Gasteiger partial charge in [0.2, 0.25) is 0 Å². The van der Waals surface area contributed by atoms with Gasteiger partial charge in [0.25, 0.3) is 5.91 Å². The van der Waals surface area contributed by atoms with Crippen LogP contribution in [0.2, 0.25) is 0 Å². The number of aryl methyl sites for hydroxylation is 1. The first-order valence-electron chi connectivity index (χ1n) is 7.17. The molecule has 1 fully saturated rings. The summed E-state index contributed by atoms with van der Waals surface area (Å²) in [5.41, 5.74) is 0.832. The highest BCUT2D eigenvalue weighted by molar-refractivity contribution is 7.13. The Bertz CT molecular complexity index is 455. The highest BCUT2D eigenvalue weighted by Crippen LogP contribution is 2.20. The molecular weight excluding hydrogens is 274 g/mol. The quantitative estimate of drug-likeness (QED) is 0.900. The van der Waals surface area contributed by atoms with Gasteiger partial charge in [-0.25, -0.2) is 4.98 Å². The van der Waals surface area contributed by atoms with Crippen LogP contribution in [0.25, 0.3) is 0 Å². The number of hydrogen-bond acceptors (Lipinski definition) is 5. The molecule has 2 heterocycles. The van der Waals surface area contributed by atoms with Crippen molar-refractivity contribution in [1.82, 2.24) is 15.2 Å². The van der Waals surface area contributed by atoms with Gasteiger partial charge in [0.1, 0.15) is 9.88 Å². The molecule has 1 aromatic heterocycles. The van der Waals surface area contributed by atoms with Gasteiger partial charge in [-0.3, -0.25) is 9.69 Å². The zero-order valence-corrected chi connectivity index (χ0v) is 13.3. The number of amides is 1. The third kappa shape index (κ3) is 4.01. The first-order chi connectivity index (χ1) is 9.60. The fraction of sp³-hybridized carbons (Fsp3) is 0.714. The number of nitrogens with one attached hydrogen (secondary N) is 1. The molecule has 1 aromatic rings. The maximum Gasteiger partial charge on any atom is 0.263 e. The molecule has 20 heavy (non-hydrogen) atoms. The van der Waals surface area contributed by atoms with Crippen molar-refractivity contribution < 1.29 is 9.53 Å². The van der Waals surface area contributed by atoms with Gasteiger partial charge in [-0.1, -0.05) is 6.92 Å². The summed E-state index contributed by atoms with van der Waals surface area (Å²) in [7, 11) is 0. The zero-order chi connectivity index (χ0) is 14.5. The lowest BCUT2D eigenvalue weighted by Gasteiger charge is -2.25. The summed E-state index contributed by atoms with van der Waals surface area (Å²) >= 11 is 1.51. The Morgan fingerprint density at radius 2 is 2.20 bits per heavy atom. The molecule has 1 saturated heterocycles. The van der Waals surface area contributed by atoms with Gasteiger partial charge in [0.05, 0.1) is 25.5 Å². The molecule has 0 bridgehead atoms. The van der Waals surface area contributed by atoms with Crippen LogP contribution in [0.3, 0.4) is 0 Å². The van der Waals surface area contributed by atoms with Gasteiger partial charge in [-0.15, -0.1) is 11.3 Å². The fourth-order valence-corrected chi connectivity index (χ4v) is 3.08. The van der Waals surface area contributed by atoms with Crippen LogP contribution < -0.4 is 5.32 Å². The summed E-state index contributed by atoms with van der Waals surface area (Å²) in [5, 5.41) is 4.01. The average molecular weight is 297 g/mol. The number of morpholine rings is 1. The number of carbonyl (C=O) groups is 1. The van der Waals surface area contributed by atoms with Crippen molar-refractivity contribution in [3.63, 3.8) is 0 Å². The van der Waals surface area contributed by atoms with Crippen molar-refractivity contribution in [3.8, 4) is 0 Å². The Labute approximate surface area is 124 Å². The normalized spacial score (nSPS) is 17.9. The lowest BCUT2D eigenvalue weighted by atomic mass is 10.2. The minimum Gasteiger partial charge on any atom is -0.379 e. The predicted octanol–water partition coefficient (Wildman–Crippen LogP) is 1.81. The van der Waals surface area contributed by atoms with Crippen LogP contribution in [-0.2, 0) is 11.3 Å². The molecule has 0 radical (unpaired) electrons. The van der Waals surface area contributed by atoms with Gasteiger partial charge >= 0.3 is 0 Å². The molecular formula is C14H23N3O2S. The summed E-state index contributed by atoms with van der Waals surface area (Å²) in [6.07, 6.45) is 0.935. The summed E-state index contributed by atoms with van der Waals surface area (Å²) in [6.45, 7) is 10.2. The molecule has 5 nitrogen and oxygen atoms in total. The van der Waals surface area contributed by atoms with Crippen LogP contribution in [0.5, 0.6) is 0 Å². The van der Waals surface area contributed by atoms with Crippen molar-refractivity contribution >= 4 is 17.2 Å². The Kier molecular flexibility index (Phi) is 5.51. The van der Waals surface area contributed by atoms with E-state index in [0.717, 1.165) is 54.8 Å². The van der Waals surface area contributed by atoms with Crippen molar-refractivity contribution in [3.05, 3.63) is 15.6 Å². The van der Waals surface area contributed by atoms with E-state index in [2.05, 4.69) is 22.1 Å². The first kappa shape index (κ1) is 15.4. The minimum atomic E-state index is 0.00239. The second-order valence-corrected chi connectivity index (χ2v) is 6.28. The van der Waals surface area contributed by atoms with E-state index in [4.69, 9.17) is 4.74 Å². The zero-order valence-electron chi connectivity index (χ0n) is 12.4. The summed E-state index contributed by atoms with van der Waals surface area (Å²) < 4.78 is 5.34. The van der Waals surface area contributed by atoms with E-state index in [9.17, 15) is 4.79 Å². The monoisotopic (exact) mass is 297 g/mol. The molecule has 1 N–H and O–H groups in total. The standard InChI is InChI=1S/C14H23N3O2S/c1-4-10(2)15-14(18)13-11(3)16-12(20-13)9-17-5-7-19-8-6-17/h10H,4-9H2,1-3H3,(H,15,18). The second kappa shape index (κ2) is 7.15. The van der Waals surface area contributed by atoms with Crippen LogP contribution in [0.4, 0.5) is 0 Å². The molecule has 0 aliphatic carbocycles. The SMILES string of the molecule is CCC(C)NC(=O)c1sc(CN2CCOCC2)nc1C. The predicted molar refractivity (Wildman–Crippen MR) is 80.2 cm³/mol. The largest absolute Gasteiger partial charge is 0.379 e. The molecule has 2 rings (SSSR count). The van der Waals surface area contributed by atoms with E-state index >= 15 is 0 Å². The Morgan fingerprint density at radius 3 is 2.85 bits per heavy atom. The molecule has 1 aliphatic rings. The smallest absolute Gasteiger partial charge is 0.263 e. The number of rotatable bonds is 5. The highest BCUT2D eigenvalue weighted by atomic mass is 32.1. The third-order valence-electron chi connectivity index (χ3n) is 3.50. The van der Waals surface area contributed by atoms with Gasteiger partial charge in [0.15, 0.2) is 0 Å². The lowest BCUT2D eigenvalue weighted by Crippen LogP contribution is -2.35. The minimum absolute atomic E-state index is 0.00239. The second-order valence-electron chi connectivity index (χ2n) is 5.19. The summed E-state index contributed by atoms with van der Waals surface area (Å²) in [4.78, 5) is 19.8. The van der Waals surface area contributed by atoms with E-state index in [1.807, 2.05) is 13.8 Å². The van der Waals surface area contributed by atoms with Crippen LogP contribution in [0, 0.1) is 6.92 Å². The fourth-order valence-electron chi connectivity index (χ4n) is 2.07. The van der Waals surface area contributed by atoms with Gasteiger partial charge in [-0.05, 0) is 20.3 Å². The van der Waals surface area contributed by atoms with E-state index < -0.39 is 0 Å². The number of ether oxygens (including phenoxy) is 1. The van der Waals surface area contributed by atoms with Crippen LogP contribution >= 0.6 is 11.3 Å². The summed E-state index contributed by atoms with van der Waals surface area (Å²) in [5.74, 6) is 0.00239. The molecule has 0 saturated carbocycles. The van der Waals surface area contributed by atoms with Gasteiger partial charge in [0, 0.05) is 19.1 Å². The lowest BCUT2D eigenvalue weighted by molar-refractivity contribution is 0.0341.